The van der Waals surface area contributed by atoms with E-state index in [4.69, 9.17) is 0 Å². The van der Waals surface area contributed by atoms with Crippen LogP contribution in [0.15, 0.2) is 11.1 Å². The van der Waals surface area contributed by atoms with Crippen LogP contribution in [0.3, 0.4) is 0 Å². The van der Waals surface area contributed by atoms with Gasteiger partial charge in [0.2, 0.25) is 10.0 Å². The van der Waals surface area contributed by atoms with Crippen LogP contribution in [0.25, 0.3) is 0 Å². The van der Waals surface area contributed by atoms with E-state index in [1.54, 1.807) is 18.7 Å². The third-order valence-electron chi connectivity index (χ3n) is 3.20. The summed E-state index contributed by atoms with van der Waals surface area (Å²) in [6.07, 6.45) is 2.42. The summed E-state index contributed by atoms with van der Waals surface area (Å²) in [5.74, 6) is 0.391. The minimum atomic E-state index is -3.42. The largest absolute Gasteiger partial charge is 0.316 e. The van der Waals surface area contributed by atoms with Crippen molar-refractivity contribution in [1.29, 1.82) is 0 Å². The van der Waals surface area contributed by atoms with E-state index in [0.717, 1.165) is 19.5 Å². The first-order chi connectivity index (χ1) is 8.00. The maximum absolute atomic E-state index is 12.0. The van der Waals surface area contributed by atoms with Crippen molar-refractivity contribution >= 4 is 10.0 Å². The topological polar surface area (TPSA) is 76.0 Å². The van der Waals surface area contributed by atoms with Crippen LogP contribution in [0, 0.1) is 12.8 Å². The molecular weight excluding hydrogens is 240 g/mol. The molecule has 7 heteroatoms. The molecule has 0 radical (unpaired) electrons. The van der Waals surface area contributed by atoms with Crippen LogP contribution in [0.1, 0.15) is 12.1 Å². The number of nitrogens with one attached hydrogen (secondary N) is 2. The lowest BCUT2D eigenvalue weighted by Crippen LogP contribution is -2.30. The Balaban J connectivity index is 2.05. The second-order valence-electron chi connectivity index (χ2n) is 4.43. The van der Waals surface area contributed by atoms with Gasteiger partial charge in [0.15, 0.2) is 0 Å². The standard InChI is InChI=1S/C10H18N4O2S/c1-8-10(7-12-14(8)2)17(15,16)13-6-9-3-4-11-5-9/h7,9,11,13H,3-6H2,1-2H3. The molecule has 0 saturated carbocycles. The Labute approximate surface area is 101 Å². The molecule has 0 amide bonds. The molecule has 1 saturated heterocycles. The van der Waals surface area contributed by atoms with Crippen LogP contribution in [0.5, 0.6) is 0 Å². The summed E-state index contributed by atoms with van der Waals surface area (Å²) in [6.45, 7) is 4.09. The number of hydrogen-bond donors (Lipinski definition) is 2. The van der Waals surface area contributed by atoms with Gasteiger partial charge < -0.3 is 5.32 Å². The first-order valence-corrected chi connectivity index (χ1v) is 7.18. The van der Waals surface area contributed by atoms with Crippen molar-refractivity contribution in [1.82, 2.24) is 19.8 Å². The highest BCUT2D eigenvalue weighted by molar-refractivity contribution is 7.89. The van der Waals surface area contributed by atoms with Gasteiger partial charge in [0.25, 0.3) is 0 Å². The van der Waals surface area contributed by atoms with Gasteiger partial charge >= 0.3 is 0 Å². The molecule has 1 aromatic heterocycles. The van der Waals surface area contributed by atoms with E-state index in [0.29, 0.717) is 18.2 Å². The van der Waals surface area contributed by atoms with Gasteiger partial charge in [-0.25, -0.2) is 13.1 Å². The fraction of sp³-hybridized carbons (Fsp3) is 0.700. The monoisotopic (exact) mass is 258 g/mol. The van der Waals surface area contributed by atoms with Crippen LogP contribution in [-0.2, 0) is 17.1 Å². The van der Waals surface area contributed by atoms with E-state index < -0.39 is 10.0 Å². The van der Waals surface area contributed by atoms with Gasteiger partial charge in [0.1, 0.15) is 4.90 Å². The summed E-state index contributed by atoms with van der Waals surface area (Å²) in [4.78, 5) is 0.269. The highest BCUT2D eigenvalue weighted by Gasteiger charge is 2.22. The predicted molar refractivity (Wildman–Crippen MR) is 64.1 cm³/mol. The molecule has 1 aromatic rings. The first-order valence-electron chi connectivity index (χ1n) is 5.69. The number of aromatic nitrogens is 2. The zero-order chi connectivity index (χ0) is 12.5. The summed E-state index contributed by atoms with van der Waals surface area (Å²) in [6, 6.07) is 0. The van der Waals surface area contributed by atoms with Gasteiger partial charge in [0, 0.05) is 13.6 Å². The fourth-order valence-electron chi connectivity index (χ4n) is 1.94. The van der Waals surface area contributed by atoms with Crippen molar-refractivity contribution in [3.8, 4) is 0 Å². The smallest absolute Gasteiger partial charge is 0.243 e. The van der Waals surface area contributed by atoms with E-state index in [-0.39, 0.29) is 4.90 Å². The Bertz CT molecular complexity index is 488. The SMILES string of the molecule is Cc1c(S(=O)(=O)NCC2CCNC2)cnn1C. The molecule has 0 aliphatic carbocycles. The van der Waals surface area contributed by atoms with Gasteiger partial charge in [-0.3, -0.25) is 4.68 Å². The Morgan fingerprint density at radius 3 is 2.94 bits per heavy atom. The molecule has 6 nitrogen and oxygen atoms in total. The van der Waals surface area contributed by atoms with Crippen molar-refractivity contribution in [2.24, 2.45) is 13.0 Å². The van der Waals surface area contributed by atoms with Gasteiger partial charge in [-0.1, -0.05) is 0 Å². The first kappa shape index (κ1) is 12.5. The molecule has 2 heterocycles. The molecule has 0 bridgehead atoms. The van der Waals surface area contributed by atoms with Gasteiger partial charge in [0.05, 0.1) is 11.9 Å². The Hall–Kier alpha value is -0.920. The molecule has 0 aromatic carbocycles. The van der Waals surface area contributed by atoms with Crippen LogP contribution in [-0.4, -0.2) is 37.8 Å². The third-order valence-corrected chi connectivity index (χ3v) is 4.73. The zero-order valence-corrected chi connectivity index (χ0v) is 10.9. The molecule has 1 atom stereocenters. The predicted octanol–water partition coefficient (Wildman–Crippen LogP) is -0.384. The minimum Gasteiger partial charge on any atom is -0.316 e. The van der Waals surface area contributed by atoms with Crippen molar-refractivity contribution < 1.29 is 8.42 Å². The molecule has 2 N–H and O–H groups in total. The number of rotatable bonds is 4. The van der Waals surface area contributed by atoms with E-state index in [9.17, 15) is 8.42 Å². The minimum absolute atomic E-state index is 0.269. The highest BCUT2D eigenvalue weighted by Crippen LogP contribution is 2.14. The summed E-state index contributed by atoms with van der Waals surface area (Å²) in [5.41, 5.74) is 0.655. The lowest BCUT2D eigenvalue weighted by atomic mass is 10.1. The number of aryl methyl sites for hydroxylation is 1. The quantitative estimate of drug-likeness (QED) is 0.771. The normalized spacial score (nSPS) is 20.9. The molecule has 0 spiro atoms. The van der Waals surface area contributed by atoms with Gasteiger partial charge in [-0.05, 0) is 32.4 Å². The van der Waals surface area contributed by atoms with Gasteiger partial charge in [-0.15, -0.1) is 0 Å². The highest BCUT2D eigenvalue weighted by atomic mass is 32.2. The second-order valence-corrected chi connectivity index (χ2v) is 6.16. The Morgan fingerprint density at radius 1 is 1.65 bits per heavy atom. The van der Waals surface area contributed by atoms with E-state index in [1.807, 2.05) is 0 Å². The average Bonchev–Trinajstić information content (AvgIpc) is 2.88. The second kappa shape index (κ2) is 4.75. The lowest BCUT2D eigenvalue weighted by molar-refractivity contribution is 0.538. The van der Waals surface area contributed by atoms with Crippen molar-refractivity contribution in [2.75, 3.05) is 19.6 Å². The Kier molecular flexibility index (Phi) is 3.50. The maximum Gasteiger partial charge on any atom is 0.243 e. The number of hydrogen-bond acceptors (Lipinski definition) is 4. The van der Waals surface area contributed by atoms with Crippen LogP contribution in [0.2, 0.25) is 0 Å². The summed E-state index contributed by atoms with van der Waals surface area (Å²) >= 11 is 0. The van der Waals surface area contributed by atoms with E-state index in [1.165, 1.54) is 6.20 Å². The molecule has 1 fully saturated rings. The number of nitrogens with zero attached hydrogens (tertiary/aromatic N) is 2. The van der Waals surface area contributed by atoms with Crippen molar-refractivity contribution in [3.05, 3.63) is 11.9 Å². The van der Waals surface area contributed by atoms with Crippen molar-refractivity contribution in [2.45, 2.75) is 18.2 Å². The summed E-state index contributed by atoms with van der Waals surface area (Å²) < 4.78 is 28.3. The Morgan fingerprint density at radius 2 is 2.41 bits per heavy atom. The maximum atomic E-state index is 12.0. The molecule has 96 valence electrons. The third kappa shape index (κ3) is 2.67. The molecule has 2 rings (SSSR count). The van der Waals surface area contributed by atoms with E-state index in [2.05, 4.69) is 15.1 Å². The zero-order valence-electron chi connectivity index (χ0n) is 10.1. The van der Waals surface area contributed by atoms with Crippen LogP contribution < -0.4 is 10.0 Å². The molecule has 1 unspecified atom stereocenters. The molecular formula is C10H18N4O2S. The van der Waals surface area contributed by atoms with Gasteiger partial charge in [-0.2, -0.15) is 5.10 Å². The van der Waals surface area contributed by atoms with E-state index >= 15 is 0 Å². The molecule has 1 aliphatic rings. The summed E-state index contributed by atoms with van der Waals surface area (Å²) in [7, 11) is -1.69. The number of sulfonamides is 1. The fourth-order valence-corrected chi connectivity index (χ4v) is 3.25. The van der Waals surface area contributed by atoms with Crippen LogP contribution >= 0.6 is 0 Å². The van der Waals surface area contributed by atoms with Crippen molar-refractivity contribution in [3.63, 3.8) is 0 Å². The summed E-state index contributed by atoms with van der Waals surface area (Å²) in [5, 5.41) is 7.16. The molecule has 17 heavy (non-hydrogen) atoms. The van der Waals surface area contributed by atoms with Crippen LogP contribution in [0.4, 0.5) is 0 Å². The molecule has 1 aliphatic heterocycles. The lowest BCUT2D eigenvalue weighted by Gasteiger charge is -2.10. The average molecular weight is 258 g/mol.